The molecule has 0 heterocycles. The molecule has 0 saturated carbocycles. The van der Waals surface area contributed by atoms with Gasteiger partial charge in [0.25, 0.3) is 0 Å². The third kappa shape index (κ3) is 3.52. The molecular formula is C23H21FO2. The lowest BCUT2D eigenvalue weighted by atomic mass is 9.81. The summed E-state index contributed by atoms with van der Waals surface area (Å²) < 4.78 is 13.3. The van der Waals surface area contributed by atoms with Gasteiger partial charge in [0.2, 0.25) is 0 Å². The topological polar surface area (TPSA) is 37.3 Å². The molecule has 0 saturated heterocycles. The smallest absolute Gasteiger partial charge is 0.313 e. The van der Waals surface area contributed by atoms with Crippen molar-refractivity contribution in [3.05, 3.63) is 83.7 Å². The number of hydrogen-bond donors (Lipinski definition) is 1. The van der Waals surface area contributed by atoms with Crippen LogP contribution in [0.25, 0.3) is 22.3 Å². The Bertz CT molecular complexity index is 875. The van der Waals surface area contributed by atoms with E-state index in [9.17, 15) is 14.3 Å². The highest BCUT2D eigenvalue weighted by atomic mass is 19.1. The molecule has 1 N–H and O–H groups in total. The molecule has 2 nitrogen and oxygen atoms in total. The van der Waals surface area contributed by atoms with Gasteiger partial charge in [0.05, 0.1) is 5.41 Å². The summed E-state index contributed by atoms with van der Waals surface area (Å²) in [4.78, 5) is 11.8. The van der Waals surface area contributed by atoms with E-state index in [1.807, 2.05) is 49.4 Å². The minimum absolute atomic E-state index is 0.297. The minimum atomic E-state index is -1.03. The van der Waals surface area contributed by atoms with Crippen molar-refractivity contribution >= 4 is 5.97 Å². The van der Waals surface area contributed by atoms with Crippen molar-refractivity contribution in [1.82, 2.24) is 0 Å². The molecule has 0 fully saturated rings. The highest BCUT2D eigenvalue weighted by Crippen LogP contribution is 2.34. The van der Waals surface area contributed by atoms with Gasteiger partial charge in [-0.15, -0.1) is 0 Å². The lowest BCUT2D eigenvalue weighted by molar-refractivity contribution is -0.142. The van der Waals surface area contributed by atoms with E-state index in [2.05, 4.69) is 0 Å². The summed E-state index contributed by atoms with van der Waals surface area (Å²) in [6.45, 7) is 5.41. The standard InChI is InChI=1S/C23H21FO2/c1-15-4-6-16(7-5-15)18-12-19(17-8-10-21(24)11-9-17)14-20(13-18)23(2,3)22(25)26/h4-14H,1-3H3,(H,25,26). The van der Waals surface area contributed by atoms with Crippen molar-refractivity contribution in [1.29, 1.82) is 0 Å². The Hall–Kier alpha value is -2.94. The first-order valence-corrected chi connectivity index (χ1v) is 8.49. The van der Waals surface area contributed by atoms with Gasteiger partial charge in [-0.3, -0.25) is 4.79 Å². The van der Waals surface area contributed by atoms with Gasteiger partial charge >= 0.3 is 5.97 Å². The molecule has 3 aromatic carbocycles. The van der Waals surface area contributed by atoms with E-state index in [4.69, 9.17) is 0 Å². The maximum Gasteiger partial charge on any atom is 0.313 e. The molecule has 26 heavy (non-hydrogen) atoms. The van der Waals surface area contributed by atoms with Crippen LogP contribution in [0.1, 0.15) is 25.0 Å². The van der Waals surface area contributed by atoms with Crippen LogP contribution in [0.5, 0.6) is 0 Å². The second kappa shape index (κ2) is 6.75. The van der Waals surface area contributed by atoms with Crippen LogP contribution in [0.4, 0.5) is 4.39 Å². The van der Waals surface area contributed by atoms with Crippen molar-refractivity contribution in [3.8, 4) is 22.3 Å². The molecule has 0 unspecified atom stereocenters. The molecule has 0 aliphatic carbocycles. The van der Waals surface area contributed by atoms with E-state index in [-0.39, 0.29) is 5.82 Å². The molecule has 0 aliphatic rings. The number of benzene rings is 3. The van der Waals surface area contributed by atoms with E-state index in [0.717, 1.165) is 27.8 Å². The fourth-order valence-corrected chi connectivity index (χ4v) is 2.83. The number of carboxylic acids is 1. The highest BCUT2D eigenvalue weighted by Gasteiger charge is 2.30. The Morgan fingerprint density at radius 3 is 1.73 bits per heavy atom. The molecule has 3 aromatic rings. The second-order valence-electron chi connectivity index (χ2n) is 7.10. The van der Waals surface area contributed by atoms with Crippen LogP contribution in [0.2, 0.25) is 0 Å². The largest absolute Gasteiger partial charge is 0.481 e. The number of aliphatic carboxylic acids is 1. The van der Waals surface area contributed by atoms with Gasteiger partial charge in [-0.2, -0.15) is 0 Å². The van der Waals surface area contributed by atoms with Crippen LogP contribution in [0.3, 0.4) is 0 Å². The molecule has 3 heteroatoms. The van der Waals surface area contributed by atoms with Crippen LogP contribution in [0.15, 0.2) is 66.7 Å². The molecule has 0 amide bonds. The summed E-state index contributed by atoms with van der Waals surface area (Å²) in [5.41, 5.74) is 4.51. The number of carbonyl (C=O) groups is 1. The number of rotatable bonds is 4. The van der Waals surface area contributed by atoms with Gasteiger partial charge in [-0.25, -0.2) is 4.39 Å². The van der Waals surface area contributed by atoms with E-state index in [1.165, 1.54) is 12.1 Å². The summed E-state index contributed by atoms with van der Waals surface area (Å²) >= 11 is 0. The van der Waals surface area contributed by atoms with Gasteiger partial charge < -0.3 is 5.11 Å². The first kappa shape index (κ1) is 17.9. The first-order chi connectivity index (χ1) is 12.3. The maximum atomic E-state index is 13.3. The monoisotopic (exact) mass is 348 g/mol. The summed E-state index contributed by atoms with van der Waals surface area (Å²) in [6, 6.07) is 20.2. The Labute approximate surface area is 152 Å². The van der Waals surface area contributed by atoms with Crippen LogP contribution in [-0.4, -0.2) is 11.1 Å². The van der Waals surface area contributed by atoms with Gasteiger partial charge in [0.15, 0.2) is 0 Å². The van der Waals surface area contributed by atoms with Crippen LogP contribution >= 0.6 is 0 Å². The fourth-order valence-electron chi connectivity index (χ4n) is 2.83. The Morgan fingerprint density at radius 1 is 0.808 bits per heavy atom. The lowest BCUT2D eigenvalue weighted by Gasteiger charge is -2.22. The predicted octanol–water partition coefficient (Wildman–Crippen LogP) is 5.83. The molecule has 0 aromatic heterocycles. The molecule has 0 atom stereocenters. The van der Waals surface area contributed by atoms with E-state index in [1.54, 1.807) is 26.0 Å². The zero-order chi connectivity index (χ0) is 18.9. The third-order valence-electron chi connectivity index (χ3n) is 4.75. The van der Waals surface area contributed by atoms with Crippen LogP contribution in [-0.2, 0) is 10.2 Å². The third-order valence-corrected chi connectivity index (χ3v) is 4.75. The lowest BCUT2D eigenvalue weighted by Crippen LogP contribution is -2.28. The Balaban J connectivity index is 2.21. The van der Waals surface area contributed by atoms with Crippen molar-refractivity contribution in [2.24, 2.45) is 0 Å². The van der Waals surface area contributed by atoms with Crippen molar-refractivity contribution in [2.45, 2.75) is 26.2 Å². The van der Waals surface area contributed by atoms with Gasteiger partial charge in [0, 0.05) is 0 Å². The van der Waals surface area contributed by atoms with Crippen molar-refractivity contribution < 1.29 is 14.3 Å². The van der Waals surface area contributed by atoms with Crippen LogP contribution < -0.4 is 0 Å². The number of hydrogen-bond acceptors (Lipinski definition) is 1. The summed E-state index contributed by atoms with van der Waals surface area (Å²) in [6.07, 6.45) is 0. The average molecular weight is 348 g/mol. The quantitative estimate of drug-likeness (QED) is 0.644. The fraction of sp³-hybridized carbons (Fsp3) is 0.174. The summed E-state index contributed by atoms with van der Waals surface area (Å²) in [7, 11) is 0. The molecule has 3 rings (SSSR count). The van der Waals surface area contributed by atoms with Gasteiger partial charge in [0.1, 0.15) is 5.82 Å². The number of halogens is 1. The molecule has 0 aliphatic heterocycles. The minimum Gasteiger partial charge on any atom is -0.481 e. The van der Waals surface area contributed by atoms with Crippen molar-refractivity contribution in [3.63, 3.8) is 0 Å². The zero-order valence-corrected chi connectivity index (χ0v) is 15.1. The van der Waals surface area contributed by atoms with Crippen molar-refractivity contribution in [2.75, 3.05) is 0 Å². The normalized spacial score (nSPS) is 11.4. The average Bonchev–Trinajstić information content (AvgIpc) is 2.62. The number of aryl methyl sites for hydroxylation is 1. The molecule has 0 spiro atoms. The van der Waals surface area contributed by atoms with Gasteiger partial charge in [-0.1, -0.05) is 42.0 Å². The predicted molar refractivity (Wildman–Crippen MR) is 103 cm³/mol. The second-order valence-corrected chi connectivity index (χ2v) is 7.10. The Morgan fingerprint density at radius 2 is 1.27 bits per heavy atom. The summed E-state index contributed by atoms with van der Waals surface area (Å²) in [5.74, 6) is -1.18. The molecule has 0 radical (unpaired) electrons. The molecule has 132 valence electrons. The zero-order valence-electron chi connectivity index (χ0n) is 15.1. The first-order valence-electron chi connectivity index (χ1n) is 8.49. The Kier molecular flexibility index (Phi) is 4.64. The maximum absolute atomic E-state index is 13.3. The van der Waals surface area contributed by atoms with Crippen LogP contribution in [0, 0.1) is 12.7 Å². The van der Waals surface area contributed by atoms with E-state index in [0.29, 0.717) is 5.56 Å². The molecule has 0 bridgehead atoms. The highest BCUT2D eigenvalue weighted by molar-refractivity contribution is 5.83. The molecular weight excluding hydrogens is 327 g/mol. The number of carboxylic acid groups (broad SMARTS) is 1. The SMILES string of the molecule is Cc1ccc(-c2cc(-c3ccc(F)cc3)cc(C(C)(C)C(=O)O)c2)cc1. The van der Waals surface area contributed by atoms with E-state index >= 15 is 0 Å². The summed E-state index contributed by atoms with van der Waals surface area (Å²) in [5, 5.41) is 9.64. The van der Waals surface area contributed by atoms with E-state index < -0.39 is 11.4 Å². The van der Waals surface area contributed by atoms with Gasteiger partial charge in [-0.05, 0) is 78.9 Å².